The molecule has 4 heteroatoms. The molecule has 0 heterocycles. The smallest absolute Gasteiger partial charge is 0.138 e. The van der Waals surface area contributed by atoms with Crippen LogP contribution in [0.2, 0.25) is 0 Å². The van der Waals surface area contributed by atoms with Crippen molar-refractivity contribution in [2.24, 2.45) is 5.73 Å². The summed E-state index contributed by atoms with van der Waals surface area (Å²) in [5.41, 5.74) is 6.80. The van der Waals surface area contributed by atoms with E-state index in [0.29, 0.717) is 12.2 Å². The van der Waals surface area contributed by atoms with Crippen molar-refractivity contribution in [2.45, 2.75) is 6.54 Å². The molecule has 1 aromatic carbocycles. The van der Waals surface area contributed by atoms with Crippen LogP contribution in [0.15, 0.2) is 24.3 Å². The number of anilines is 1. The number of nitrogens with two attached hydrogens (primary N) is 1. The van der Waals surface area contributed by atoms with Gasteiger partial charge >= 0.3 is 0 Å². The van der Waals surface area contributed by atoms with Crippen LogP contribution in [0.1, 0.15) is 5.56 Å². The minimum Gasteiger partial charge on any atom is -0.530 e. The van der Waals surface area contributed by atoms with Crippen LogP contribution >= 0.6 is 0 Å². The van der Waals surface area contributed by atoms with Gasteiger partial charge in [0.1, 0.15) is 6.09 Å². The predicted molar refractivity (Wildman–Crippen MR) is 43.4 cm³/mol. The van der Waals surface area contributed by atoms with E-state index in [-0.39, 0.29) is 0 Å². The van der Waals surface area contributed by atoms with Gasteiger partial charge in [-0.1, -0.05) is 12.1 Å². The Morgan fingerprint density at radius 3 is 2.42 bits per heavy atom. The van der Waals surface area contributed by atoms with Gasteiger partial charge < -0.3 is 21.0 Å². The van der Waals surface area contributed by atoms with Gasteiger partial charge in [-0.25, -0.2) is 0 Å². The number of nitrogens with one attached hydrogen (secondary N) is 1. The van der Waals surface area contributed by atoms with Crippen molar-refractivity contribution < 1.29 is 9.90 Å². The standard InChI is InChI=1S/C8H10N2O2/c9-5-6-1-3-7(4-2-6)10-8(11)12/h1-4,10H,5,9H2,(H,11,12)/p-1. The van der Waals surface area contributed by atoms with Gasteiger partial charge in [-0.3, -0.25) is 0 Å². The number of hydrogen-bond acceptors (Lipinski definition) is 3. The van der Waals surface area contributed by atoms with Gasteiger partial charge in [0.2, 0.25) is 0 Å². The zero-order valence-electron chi connectivity index (χ0n) is 6.41. The van der Waals surface area contributed by atoms with Crippen molar-refractivity contribution in [3.05, 3.63) is 29.8 Å². The maximum absolute atomic E-state index is 10.1. The van der Waals surface area contributed by atoms with E-state index < -0.39 is 6.09 Å². The molecule has 0 fully saturated rings. The highest BCUT2D eigenvalue weighted by Crippen LogP contribution is 2.07. The molecule has 1 rings (SSSR count). The summed E-state index contributed by atoms with van der Waals surface area (Å²) in [5.74, 6) is 0. The van der Waals surface area contributed by atoms with Crippen LogP contribution in [-0.2, 0) is 6.54 Å². The molecule has 3 N–H and O–H groups in total. The molecule has 0 radical (unpaired) electrons. The number of rotatable bonds is 2. The lowest BCUT2D eigenvalue weighted by Gasteiger charge is -2.06. The van der Waals surface area contributed by atoms with E-state index in [0.717, 1.165) is 5.56 Å². The fourth-order valence-corrected chi connectivity index (χ4v) is 0.842. The highest BCUT2D eigenvalue weighted by molar-refractivity contribution is 5.80. The van der Waals surface area contributed by atoms with Gasteiger partial charge in [0.15, 0.2) is 0 Å². The fourth-order valence-electron chi connectivity index (χ4n) is 0.842. The maximum Gasteiger partial charge on any atom is 0.138 e. The molecular weight excluding hydrogens is 156 g/mol. The van der Waals surface area contributed by atoms with Crippen molar-refractivity contribution in [2.75, 3.05) is 5.32 Å². The predicted octanol–water partition coefficient (Wildman–Crippen LogP) is -0.0995. The molecule has 0 atom stereocenters. The second kappa shape index (κ2) is 3.73. The van der Waals surface area contributed by atoms with Crippen molar-refractivity contribution in [3.63, 3.8) is 0 Å². The van der Waals surface area contributed by atoms with E-state index in [4.69, 9.17) is 5.73 Å². The molecule has 0 aliphatic heterocycles. The Kier molecular flexibility index (Phi) is 2.66. The molecular formula is C8H9N2O2-. The molecule has 0 spiro atoms. The van der Waals surface area contributed by atoms with Gasteiger partial charge in [-0.05, 0) is 17.7 Å². The van der Waals surface area contributed by atoms with E-state index in [1.807, 2.05) is 0 Å². The Morgan fingerprint density at radius 1 is 1.42 bits per heavy atom. The number of hydrogen-bond donors (Lipinski definition) is 2. The first-order valence-electron chi connectivity index (χ1n) is 3.49. The Morgan fingerprint density at radius 2 is 2.00 bits per heavy atom. The molecule has 64 valence electrons. The van der Waals surface area contributed by atoms with Crippen LogP contribution in [-0.4, -0.2) is 6.09 Å². The van der Waals surface area contributed by atoms with E-state index in [1.54, 1.807) is 24.3 Å². The molecule has 1 amide bonds. The number of benzene rings is 1. The van der Waals surface area contributed by atoms with Gasteiger partial charge in [0.05, 0.1) is 0 Å². The van der Waals surface area contributed by atoms with Gasteiger partial charge in [0.25, 0.3) is 0 Å². The van der Waals surface area contributed by atoms with Crippen LogP contribution in [0.4, 0.5) is 10.5 Å². The summed E-state index contributed by atoms with van der Waals surface area (Å²) in [6, 6.07) is 6.78. The number of amides is 1. The molecule has 12 heavy (non-hydrogen) atoms. The molecule has 0 aliphatic rings. The Labute approximate surface area is 70.0 Å². The van der Waals surface area contributed by atoms with Gasteiger partial charge in [0, 0.05) is 12.2 Å². The van der Waals surface area contributed by atoms with Crippen LogP contribution < -0.4 is 16.2 Å². The van der Waals surface area contributed by atoms with Crippen molar-refractivity contribution in [1.82, 2.24) is 0 Å². The Bertz CT molecular complexity index is 269. The maximum atomic E-state index is 10.1. The number of carboxylic acid groups (broad SMARTS) is 1. The zero-order valence-corrected chi connectivity index (χ0v) is 6.41. The molecule has 0 bridgehead atoms. The third-order valence-corrected chi connectivity index (χ3v) is 1.44. The van der Waals surface area contributed by atoms with Crippen LogP contribution in [0.25, 0.3) is 0 Å². The lowest BCUT2D eigenvalue weighted by Crippen LogP contribution is -2.28. The lowest BCUT2D eigenvalue weighted by molar-refractivity contribution is -0.242. The van der Waals surface area contributed by atoms with E-state index in [9.17, 15) is 9.90 Å². The third kappa shape index (κ3) is 2.25. The largest absolute Gasteiger partial charge is 0.530 e. The minimum atomic E-state index is -1.31. The van der Waals surface area contributed by atoms with Crippen molar-refractivity contribution in [1.29, 1.82) is 0 Å². The summed E-state index contributed by atoms with van der Waals surface area (Å²) in [6.45, 7) is 0.450. The number of carbonyl (C=O) groups excluding carboxylic acids is 1. The Balaban J connectivity index is 2.71. The first-order valence-corrected chi connectivity index (χ1v) is 3.49. The lowest BCUT2D eigenvalue weighted by atomic mass is 10.2. The topological polar surface area (TPSA) is 78.2 Å². The van der Waals surface area contributed by atoms with Crippen molar-refractivity contribution in [3.8, 4) is 0 Å². The molecule has 0 saturated heterocycles. The average Bonchev–Trinajstić information content (AvgIpc) is 2.05. The van der Waals surface area contributed by atoms with E-state index in [2.05, 4.69) is 5.32 Å². The van der Waals surface area contributed by atoms with Crippen LogP contribution in [0.5, 0.6) is 0 Å². The molecule has 0 unspecified atom stereocenters. The number of carbonyl (C=O) groups is 1. The minimum absolute atomic E-state index is 0.450. The second-order valence-corrected chi connectivity index (χ2v) is 2.31. The normalized spacial score (nSPS) is 9.42. The molecule has 1 aromatic rings. The summed E-state index contributed by atoms with van der Waals surface area (Å²) in [7, 11) is 0. The van der Waals surface area contributed by atoms with E-state index >= 15 is 0 Å². The zero-order chi connectivity index (χ0) is 8.97. The first kappa shape index (κ1) is 8.55. The quantitative estimate of drug-likeness (QED) is 0.642. The van der Waals surface area contributed by atoms with Gasteiger partial charge in [-0.15, -0.1) is 0 Å². The third-order valence-electron chi connectivity index (χ3n) is 1.44. The summed E-state index contributed by atoms with van der Waals surface area (Å²) in [5, 5.41) is 12.2. The van der Waals surface area contributed by atoms with Gasteiger partial charge in [-0.2, -0.15) is 0 Å². The molecule has 4 nitrogen and oxygen atoms in total. The molecule has 0 aromatic heterocycles. The average molecular weight is 165 g/mol. The van der Waals surface area contributed by atoms with Crippen LogP contribution in [0, 0.1) is 0 Å². The summed E-state index contributed by atoms with van der Waals surface area (Å²) < 4.78 is 0. The summed E-state index contributed by atoms with van der Waals surface area (Å²) >= 11 is 0. The second-order valence-electron chi connectivity index (χ2n) is 2.31. The SMILES string of the molecule is NCc1ccc(NC(=O)[O-])cc1. The van der Waals surface area contributed by atoms with Crippen molar-refractivity contribution >= 4 is 11.8 Å². The van der Waals surface area contributed by atoms with Crippen LogP contribution in [0.3, 0.4) is 0 Å². The highest BCUT2D eigenvalue weighted by atomic mass is 16.4. The molecule has 0 aliphatic carbocycles. The monoisotopic (exact) mass is 165 g/mol. The van der Waals surface area contributed by atoms with E-state index in [1.165, 1.54) is 0 Å². The highest BCUT2D eigenvalue weighted by Gasteiger charge is 1.91. The molecule has 0 saturated carbocycles. The summed E-state index contributed by atoms with van der Waals surface area (Å²) in [4.78, 5) is 10.1. The Hall–Kier alpha value is -1.55. The summed E-state index contributed by atoms with van der Waals surface area (Å²) in [6.07, 6.45) is -1.31. The first-order chi connectivity index (χ1) is 5.72. The fraction of sp³-hybridized carbons (Fsp3) is 0.125.